The van der Waals surface area contributed by atoms with E-state index in [1.807, 2.05) is 164 Å². The number of hydrogen-bond acceptors (Lipinski definition) is 17. The molecule has 19 heteroatoms. The number of nitrogens with zero attached hydrogens (tertiary/aromatic N) is 5. The van der Waals surface area contributed by atoms with Gasteiger partial charge in [0.05, 0.1) is 11.8 Å². The Balaban J connectivity index is 0.885. The van der Waals surface area contributed by atoms with Gasteiger partial charge in [0.2, 0.25) is 6.61 Å². The number of β-lactam (4-membered cyclic amide) rings is 1. The topological polar surface area (TPSA) is 184 Å². The fourth-order valence-electron chi connectivity index (χ4n) is 9.38. The Morgan fingerprint density at radius 1 is 0.775 bits per heavy atom. The highest BCUT2D eigenvalue weighted by Gasteiger charge is 2.55. The van der Waals surface area contributed by atoms with Gasteiger partial charge < -0.3 is 29.7 Å². The van der Waals surface area contributed by atoms with Gasteiger partial charge in [-0.25, -0.2) is 24.5 Å². The molecule has 9 aromatic rings. The highest BCUT2D eigenvalue weighted by molar-refractivity contribution is 8.02. The Morgan fingerprint density at radius 3 is 1.99 bits per heavy atom. The van der Waals surface area contributed by atoms with Gasteiger partial charge in [-0.15, -0.1) is 34.4 Å². The minimum absolute atomic E-state index is 0.0590. The first-order valence-electron chi connectivity index (χ1n) is 25.3. The summed E-state index contributed by atoms with van der Waals surface area (Å²) in [4.78, 5) is 78.5. The van der Waals surface area contributed by atoms with Crippen molar-refractivity contribution in [1.82, 2.24) is 25.2 Å². The first-order chi connectivity index (χ1) is 39.2. The second kappa shape index (κ2) is 24.6. The monoisotopic (exact) mass is 1140 g/mol. The summed E-state index contributed by atoms with van der Waals surface area (Å²) in [5.41, 5.74) is 5.24. The number of aromatic nitrogens is 3. The van der Waals surface area contributed by atoms with Crippen LogP contribution in [0.3, 0.4) is 0 Å². The van der Waals surface area contributed by atoms with Crippen molar-refractivity contribution in [2.24, 2.45) is 5.16 Å². The molecule has 0 aliphatic carbocycles. The summed E-state index contributed by atoms with van der Waals surface area (Å²) in [6.45, 7) is -0.729. The van der Waals surface area contributed by atoms with E-state index in [0.29, 0.717) is 33.6 Å². The zero-order chi connectivity index (χ0) is 54.8. The number of fused-ring (bicyclic) bond motifs is 2. The molecular formula is C61H49N7O8S4. The molecule has 0 saturated carbocycles. The minimum Gasteiger partial charge on any atom is -0.497 e. The molecule has 5 heterocycles. The van der Waals surface area contributed by atoms with Gasteiger partial charge in [-0.2, -0.15) is 0 Å². The maximum absolute atomic E-state index is 14.9. The van der Waals surface area contributed by atoms with Crippen molar-refractivity contribution >= 4 is 91.1 Å². The number of carbonyl (C=O) groups is 4. The predicted octanol–water partition coefficient (Wildman–Crippen LogP) is 10.8. The van der Waals surface area contributed by atoms with Crippen LogP contribution in [0.2, 0.25) is 0 Å². The van der Waals surface area contributed by atoms with Crippen LogP contribution in [0.15, 0.2) is 220 Å². The number of methoxy groups -OCH3 is 1. The van der Waals surface area contributed by atoms with Crippen LogP contribution in [0, 0.1) is 0 Å². The van der Waals surface area contributed by atoms with E-state index in [-0.39, 0.29) is 23.7 Å². The summed E-state index contributed by atoms with van der Waals surface area (Å²) >= 11 is 5.57. The van der Waals surface area contributed by atoms with Crippen molar-refractivity contribution in [2.45, 2.75) is 34.0 Å². The molecule has 1 unspecified atom stereocenters. The first-order valence-corrected chi connectivity index (χ1v) is 29.0. The molecule has 2 aliphatic heterocycles. The van der Waals surface area contributed by atoms with E-state index in [9.17, 15) is 19.2 Å². The SMILES string of the molecule is COc1ccc(COC(=O)C2=C(CSc3nc4ncccc4s3)CS[C@H]3C(NC(=O)/C(=N\OCC(=O)OC(c4ccccc4)c4ccccc4)c4csc(NC(c5ccccc5)(c5ccccc5)c5ccccc5)n4)C(=O)N23)cc1. The van der Waals surface area contributed by atoms with E-state index in [2.05, 4.69) is 25.8 Å². The number of oxime groups is 1. The molecule has 2 atom stereocenters. The van der Waals surface area contributed by atoms with Crippen LogP contribution in [0.25, 0.3) is 10.3 Å². The molecule has 2 amide bonds. The number of carbonyl (C=O) groups excluding carboxylic acids is 4. The second-order valence-corrected chi connectivity index (χ2v) is 22.5. The van der Waals surface area contributed by atoms with Crippen LogP contribution in [-0.2, 0) is 45.6 Å². The van der Waals surface area contributed by atoms with Crippen molar-refractivity contribution in [1.29, 1.82) is 0 Å². The largest absolute Gasteiger partial charge is 0.497 e. The molecule has 15 nitrogen and oxygen atoms in total. The number of hydrogen-bond donors (Lipinski definition) is 2. The maximum atomic E-state index is 14.9. The van der Waals surface area contributed by atoms with E-state index in [0.717, 1.165) is 42.4 Å². The number of pyridine rings is 1. The maximum Gasteiger partial charge on any atom is 0.355 e. The van der Waals surface area contributed by atoms with E-state index in [4.69, 9.17) is 24.0 Å². The molecule has 1 saturated heterocycles. The fraction of sp³-hybridized carbons (Fsp3) is 0.148. The highest BCUT2D eigenvalue weighted by atomic mass is 32.2. The molecule has 0 bridgehead atoms. The summed E-state index contributed by atoms with van der Waals surface area (Å²) in [6.07, 6.45) is 0.932. The Labute approximate surface area is 477 Å². The standard InChI is InChI=1S/C61H49N7O8S4/c1-73-46-31-29-39(30-32-46)34-74-58(72)52-42(37-79-60-65-54-48(80-60)28-17-33-62-54)36-77-57-51(56(71)68(52)57)64-55(70)50(67-75-35-49(69)76-53(40-18-7-2-8-19-40)41-20-9-3-10-21-41)47-38-78-59(63-47)66-61(43-22-11-4-12-23-43,44-24-13-5-14-25-44)45-26-15-6-16-27-45/h2-33,38,51,53,57H,34-37H2,1H3,(H,63,66)(H,64,70)/b67-50-/t51?,57-/m0/s1. The molecule has 6 aromatic carbocycles. The zero-order valence-electron chi connectivity index (χ0n) is 42.7. The molecule has 3 aromatic heterocycles. The van der Waals surface area contributed by atoms with E-state index in [1.54, 1.807) is 43.0 Å². The second-order valence-electron chi connectivity index (χ2n) is 18.2. The molecule has 400 valence electrons. The van der Waals surface area contributed by atoms with Crippen LogP contribution in [0.1, 0.15) is 45.2 Å². The third kappa shape index (κ3) is 11.6. The number of thioether (sulfide) groups is 2. The number of rotatable bonds is 21. The summed E-state index contributed by atoms with van der Waals surface area (Å²) in [6, 6.07) is 58.4. The lowest BCUT2D eigenvalue weighted by Gasteiger charge is -2.49. The van der Waals surface area contributed by atoms with Gasteiger partial charge in [0.1, 0.15) is 40.7 Å². The Bertz CT molecular complexity index is 3530. The number of ether oxygens (including phenoxy) is 3. The van der Waals surface area contributed by atoms with Crippen LogP contribution >= 0.6 is 46.2 Å². The smallest absolute Gasteiger partial charge is 0.355 e. The lowest BCUT2D eigenvalue weighted by molar-refractivity contribution is -0.153. The van der Waals surface area contributed by atoms with Gasteiger partial charge in [-0.05, 0) is 63.2 Å². The van der Waals surface area contributed by atoms with Crippen LogP contribution < -0.4 is 15.4 Å². The van der Waals surface area contributed by atoms with E-state index in [1.165, 1.54) is 51.1 Å². The number of nitrogens with one attached hydrogen (secondary N) is 2. The van der Waals surface area contributed by atoms with Crippen molar-refractivity contribution < 1.29 is 38.2 Å². The van der Waals surface area contributed by atoms with Crippen LogP contribution in [0.4, 0.5) is 5.13 Å². The van der Waals surface area contributed by atoms with E-state index < -0.39 is 53.4 Å². The summed E-state index contributed by atoms with van der Waals surface area (Å²) in [5, 5.41) is 12.3. The minimum atomic E-state index is -1.10. The van der Waals surface area contributed by atoms with E-state index >= 15 is 0 Å². The van der Waals surface area contributed by atoms with Crippen molar-refractivity contribution in [3.05, 3.63) is 250 Å². The van der Waals surface area contributed by atoms with Gasteiger partial charge in [0, 0.05) is 23.1 Å². The lowest BCUT2D eigenvalue weighted by atomic mass is 9.77. The van der Waals surface area contributed by atoms with Crippen molar-refractivity contribution in [2.75, 3.05) is 30.5 Å². The third-order valence-electron chi connectivity index (χ3n) is 13.2. The molecule has 0 spiro atoms. The van der Waals surface area contributed by atoms with Gasteiger partial charge in [-0.1, -0.05) is 181 Å². The average Bonchev–Trinajstić information content (AvgIpc) is 4.30. The first kappa shape index (κ1) is 53.4. The Morgan fingerprint density at radius 2 is 1.39 bits per heavy atom. The summed E-state index contributed by atoms with van der Waals surface area (Å²) < 4.78 is 18.9. The molecule has 2 aliphatic rings. The number of benzene rings is 6. The van der Waals surface area contributed by atoms with Gasteiger partial charge in [0.25, 0.3) is 11.8 Å². The summed E-state index contributed by atoms with van der Waals surface area (Å²) in [7, 11) is 1.57. The lowest BCUT2D eigenvalue weighted by Crippen LogP contribution is -2.71. The van der Waals surface area contributed by atoms with Gasteiger partial charge >= 0.3 is 11.9 Å². The average molecular weight is 1140 g/mol. The molecular weight excluding hydrogens is 1090 g/mol. The van der Waals surface area contributed by atoms with Crippen molar-refractivity contribution in [3.63, 3.8) is 0 Å². The van der Waals surface area contributed by atoms with Crippen LogP contribution in [-0.4, -0.2) is 86.0 Å². The normalized spacial score (nSPS) is 15.2. The molecule has 2 N–H and O–H groups in total. The number of anilines is 1. The number of thiazole rings is 2. The van der Waals surface area contributed by atoms with Crippen molar-refractivity contribution in [3.8, 4) is 5.75 Å². The predicted molar refractivity (Wildman–Crippen MR) is 311 cm³/mol. The number of esters is 2. The fourth-order valence-corrected chi connectivity index (χ4v) is 13.6. The molecule has 80 heavy (non-hydrogen) atoms. The zero-order valence-corrected chi connectivity index (χ0v) is 46.0. The molecule has 11 rings (SSSR count). The molecule has 1 fully saturated rings. The Hall–Kier alpha value is -8.62. The van der Waals surface area contributed by atoms with Gasteiger partial charge in [-0.3, -0.25) is 14.5 Å². The van der Waals surface area contributed by atoms with Crippen LogP contribution in [0.5, 0.6) is 5.75 Å². The highest BCUT2D eigenvalue weighted by Crippen LogP contribution is 2.44. The quantitative estimate of drug-likeness (QED) is 0.0173. The Kier molecular flexibility index (Phi) is 16.4. The summed E-state index contributed by atoms with van der Waals surface area (Å²) in [5.74, 6) is -1.44. The third-order valence-corrected chi connectivity index (χ3v) is 17.6. The van der Waals surface area contributed by atoms with Gasteiger partial charge in [0.15, 0.2) is 26.9 Å². The molecule has 0 radical (unpaired) electrons. The number of amides is 2.